The van der Waals surface area contributed by atoms with Gasteiger partial charge in [0.05, 0.1) is 10.6 Å². The van der Waals surface area contributed by atoms with E-state index in [4.69, 9.17) is 0 Å². The molecule has 0 aromatic heterocycles. The van der Waals surface area contributed by atoms with Gasteiger partial charge in [0.2, 0.25) is 15.9 Å². The molecule has 150 valence electrons. The first-order chi connectivity index (χ1) is 13.4. The third-order valence-corrected chi connectivity index (χ3v) is 7.53. The Hall–Kier alpha value is -1.90. The molecule has 28 heavy (non-hydrogen) atoms. The zero-order chi connectivity index (χ0) is 20.1. The summed E-state index contributed by atoms with van der Waals surface area (Å²) in [6.45, 7) is 2.89. The fourth-order valence-corrected chi connectivity index (χ4v) is 5.26. The lowest BCUT2D eigenvalue weighted by Crippen LogP contribution is -2.35. The summed E-state index contributed by atoms with van der Waals surface area (Å²) in [6, 6.07) is 10.7. The van der Waals surface area contributed by atoms with Crippen molar-refractivity contribution in [3.05, 3.63) is 53.8 Å². The molecule has 1 saturated heterocycles. The summed E-state index contributed by atoms with van der Waals surface area (Å²) < 4.78 is 40.2. The molecule has 1 heterocycles. The average Bonchev–Trinajstić information content (AvgIpc) is 2.70. The summed E-state index contributed by atoms with van der Waals surface area (Å²) in [5, 5.41) is 2.79. The third kappa shape index (κ3) is 5.12. The van der Waals surface area contributed by atoms with Crippen LogP contribution in [0.25, 0.3) is 0 Å². The minimum atomic E-state index is -3.56. The molecular weight excluding hydrogens is 399 g/mol. The molecule has 0 bridgehead atoms. The number of halogens is 1. The number of anilines is 1. The second-order valence-corrected chi connectivity index (χ2v) is 9.72. The van der Waals surface area contributed by atoms with E-state index in [2.05, 4.69) is 5.32 Å². The monoisotopic (exact) mass is 422 g/mol. The SMILES string of the molecule is Cc1ccc(S(=O)(=O)N2CCCCC2)cc1NC(=O)CSc1ccc(F)cc1. The second kappa shape index (κ2) is 9.07. The number of rotatable bonds is 6. The van der Waals surface area contributed by atoms with E-state index in [1.807, 2.05) is 6.92 Å². The van der Waals surface area contributed by atoms with Gasteiger partial charge in [0.25, 0.3) is 0 Å². The normalized spacial score (nSPS) is 15.4. The van der Waals surface area contributed by atoms with Gasteiger partial charge in [0.1, 0.15) is 5.82 Å². The van der Waals surface area contributed by atoms with E-state index in [9.17, 15) is 17.6 Å². The summed E-state index contributed by atoms with van der Waals surface area (Å²) in [7, 11) is -3.56. The Morgan fingerprint density at radius 1 is 1.11 bits per heavy atom. The van der Waals surface area contributed by atoms with Gasteiger partial charge in [-0.05, 0) is 61.7 Å². The van der Waals surface area contributed by atoms with Gasteiger partial charge >= 0.3 is 0 Å². The molecule has 8 heteroatoms. The van der Waals surface area contributed by atoms with Crippen molar-refractivity contribution in [1.82, 2.24) is 4.31 Å². The molecule has 2 aromatic carbocycles. The van der Waals surface area contributed by atoms with Crippen LogP contribution in [0.4, 0.5) is 10.1 Å². The number of piperidine rings is 1. The molecule has 2 aromatic rings. The zero-order valence-electron chi connectivity index (χ0n) is 15.7. The third-order valence-electron chi connectivity index (χ3n) is 4.62. The van der Waals surface area contributed by atoms with Crippen molar-refractivity contribution in [3.8, 4) is 0 Å². The van der Waals surface area contributed by atoms with Gasteiger partial charge in [0, 0.05) is 23.7 Å². The van der Waals surface area contributed by atoms with Gasteiger partial charge in [-0.3, -0.25) is 4.79 Å². The maximum absolute atomic E-state index is 12.9. The van der Waals surface area contributed by atoms with Crippen LogP contribution in [0.3, 0.4) is 0 Å². The molecule has 0 radical (unpaired) electrons. The highest BCUT2D eigenvalue weighted by atomic mass is 32.2. The highest BCUT2D eigenvalue weighted by molar-refractivity contribution is 8.00. The van der Waals surface area contributed by atoms with E-state index >= 15 is 0 Å². The molecule has 1 amide bonds. The molecule has 5 nitrogen and oxygen atoms in total. The Bertz CT molecular complexity index is 940. The average molecular weight is 423 g/mol. The molecule has 0 atom stereocenters. The summed E-state index contributed by atoms with van der Waals surface area (Å²) in [4.78, 5) is 13.3. The topological polar surface area (TPSA) is 66.5 Å². The molecule has 1 aliphatic heterocycles. The fourth-order valence-electron chi connectivity index (χ4n) is 3.02. The Balaban J connectivity index is 1.68. The standard InChI is InChI=1S/C20H23FN2O3S2/c1-15-5-10-18(28(25,26)23-11-3-2-4-12-23)13-19(15)22-20(24)14-27-17-8-6-16(21)7-9-17/h5-10,13H,2-4,11-12,14H2,1H3,(H,22,24). The predicted molar refractivity (Wildman–Crippen MR) is 110 cm³/mol. The van der Waals surface area contributed by atoms with Crippen molar-refractivity contribution in [2.45, 2.75) is 36.0 Å². The van der Waals surface area contributed by atoms with Crippen LogP contribution in [-0.2, 0) is 14.8 Å². The number of hydrogen-bond donors (Lipinski definition) is 1. The second-order valence-electron chi connectivity index (χ2n) is 6.73. The van der Waals surface area contributed by atoms with Crippen LogP contribution >= 0.6 is 11.8 Å². The molecule has 0 saturated carbocycles. The first-order valence-electron chi connectivity index (χ1n) is 9.15. The number of nitrogens with zero attached hydrogens (tertiary/aromatic N) is 1. The fraction of sp³-hybridized carbons (Fsp3) is 0.350. The Kier molecular flexibility index (Phi) is 6.74. The van der Waals surface area contributed by atoms with Gasteiger partial charge in [-0.15, -0.1) is 11.8 Å². The van der Waals surface area contributed by atoms with E-state index in [0.29, 0.717) is 18.8 Å². The first kappa shape index (κ1) is 20.8. The summed E-state index contributed by atoms with van der Waals surface area (Å²) in [5.41, 5.74) is 1.28. The molecule has 1 fully saturated rings. The molecule has 0 spiro atoms. The van der Waals surface area contributed by atoms with Crippen molar-refractivity contribution < 1.29 is 17.6 Å². The number of thioether (sulfide) groups is 1. The van der Waals surface area contributed by atoms with Crippen molar-refractivity contribution in [2.24, 2.45) is 0 Å². The molecule has 0 unspecified atom stereocenters. The lowest BCUT2D eigenvalue weighted by molar-refractivity contribution is -0.113. The van der Waals surface area contributed by atoms with Crippen molar-refractivity contribution in [3.63, 3.8) is 0 Å². The van der Waals surface area contributed by atoms with Gasteiger partial charge in [-0.1, -0.05) is 12.5 Å². The van der Waals surface area contributed by atoms with Gasteiger partial charge < -0.3 is 5.32 Å². The Morgan fingerprint density at radius 2 is 1.79 bits per heavy atom. The van der Waals surface area contributed by atoms with E-state index < -0.39 is 10.0 Å². The zero-order valence-corrected chi connectivity index (χ0v) is 17.3. The van der Waals surface area contributed by atoms with Crippen molar-refractivity contribution in [1.29, 1.82) is 0 Å². The minimum Gasteiger partial charge on any atom is -0.325 e. The van der Waals surface area contributed by atoms with Gasteiger partial charge in [0.15, 0.2) is 0 Å². The lowest BCUT2D eigenvalue weighted by Gasteiger charge is -2.26. The number of carbonyl (C=O) groups is 1. The summed E-state index contributed by atoms with van der Waals surface area (Å²) >= 11 is 1.29. The number of amides is 1. The van der Waals surface area contributed by atoms with Crippen LogP contribution in [0, 0.1) is 12.7 Å². The Labute approximate surface area is 169 Å². The Morgan fingerprint density at radius 3 is 2.46 bits per heavy atom. The van der Waals surface area contributed by atoms with Crippen LogP contribution in [0.2, 0.25) is 0 Å². The number of carbonyl (C=O) groups excluding carboxylic acids is 1. The van der Waals surface area contributed by atoms with E-state index in [1.54, 1.807) is 24.3 Å². The number of benzene rings is 2. The summed E-state index contributed by atoms with van der Waals surface area (Å²) in [6.07, 6.45) is 2.79. The van der Waals surface area contributed by atoms with Crippen molar-refractivity contribution in [2.75, 3.05) is 24.2 Å². The maximum atomic E-state index is 12.9. The molecule has 1 aliphatic rings. The molecule has 3 rings (SSSR count). The maximum Gasteiger partial charge on any atom is 0.243 e. The minimum absolute atomic E-state index is 0.147. The molecule has 1 N–H and O–H groups in total. The predicted octanol–water partition coefficient (Wildman–Crippen LogP) is 4.04. The van der Waals surface area contributed by atoms with Gasteiger partial charge in [-0.25, -0.2) is 12.8 Å². The number of nitrogens with one attached hydrogen (secondary N) is 1. The first-order valence-corrected chi connectivity index (χ1v) is 11.6. The molecular formula is C20H23FN2O3S2. The highest BCUT2D eigenvalue weighted by Crippen LogP contribution is 2.26. The van der Waals surface area contributed by atoms with E-state index in [1.165, 1.54) is 34.3 Å². The van der Waals surface area contributed by atoms with Crippen LogP contribution in [0.5, 0.6) is 0 Å². The van der Waals surface area contributed by atoms with Crippen LogP contribution < -0.4 is 5.32 Å². The molecule has 0 aliphatic carbocycles. The smallest absolute Gasteiger partial charge is 0.243 e. The van der Waals surface area contributed by atoms with Crippen molar-refractivity contribution >= 4 is 33.4 Å². The highest BCUT2D eigenvalue weighted by Gasteiger charge is 2.26. The van der Waals surface area contributed by atoms with Crippen LogP contribution in [0.1, 0.15) is 24.8 Å². The number of sulfonamides is 1. The van der Waals surface area contributed by atoms with E-state index in [0.717, 1.165) is 29.7 Å². The lowest BCUT2D eigenvalue weighted by atomic mass is 10.2. The largest absolute Gasteiger partial charge is 0.325 e. The van der Waals surface area contributed by atoms with Crippen LogP contribution in [-0.4, -0.2) is 37.5 Å². The van der Waals surface area contributed by atoms with Gasteiger partial charge in [-0.2, -0.15) is 4.31 Å². The van der Waals surface area contributed by atoms with Crippen LogP contribution in [0.15, 0.2) is 52.3 Å². The quantitative estimate of drug-likeness (QED) is 0.714. The number of aryl methyl sites for hydroxylation is 1. The summed E-state index contributed by atoms with van der Waals surface area (Å²) in [5.74, 6) is -0.421. The number of hydrogen-bond acceptors (Lipinski definition) is 4. The van der Waals surface area contributed by atoms with E-state index in [-0.39, 0.29) is 22.4 Å².